The van der Waals surface area contributed by atoms with Gasteiger partial charge in [-0.25, -0.2) is 17.2 Å². The van der Waals surface area contributed by atoms with Crippen LogP contribution in [-0.4, -0.2) is 55.5 Å². The number of sulfonamides is 1. The summed E-state index contributed by atoms with van der Waals surface area (Å²) < 4.78 is 54.1. The van der Waals surface area contributed by atoms with Crippen LogP contribution in [-0.2, 0) is 14.8 Å². The van der Waals surface area contributed by atoms with Gasteiger partial charge in [0, 0.05) is 43.6 Å². The molecule has 4 rings (SSSR count). The number of halogens is 2. The first-order valence-electron chi connectivity index (χ1n) is 11.1. The average Bonchev–Trinajstić information content (AvgIpc) is 2.85. The minimum absolute atomic E-state index is 0.0328. The van der Waals surface area contributed by atoms with Gasteiger partial charge in [-0.1, -0.05) is 30.3 Å². The molecule has 2 fully saturated rings. The third-order valence-corrected chi connectivity index (χ3v) is 8.46. The lowest BCUT2D eigenvalue weighted by Gasteiger charge is -2.36. The maximum Gasteiger partial charge on any atom is 0.246 e. The SMILES string of the molecule is O=C(c1ccccc1)C1CCN(C(=O)C2CCN(S(=O)(=O)c3cc(F)ccc3F)CC2)CC1. The van der Waals surface area contributed by atoms with Gasteiger partial charge in [0.2, 0.25) is 15.9 Å². The van der Waals surface area contributed by atoms with E-state index in [0.717, 1.165) is 16.4 Å². The maximum atomic E-state index is 14.0. The highest BCUT2D eigenvalue weighted by molar-refractivity contribution is 7.89. The van der Waals surface area contributed by atoms with Gasteiger partial charge >= 0.3 is 0 Å². The molecule has 1 amide bonds. The topological polar surface area (TPSA) is 74.8 Å². The van der Waals surface area contributed by atoms with Crippen LogP contribution in [0.5, 0.6) is 0 Å². The first-order chi connectivity index (χ1) is 15.8. The van der Waals surface area contributed by atoms with Gasteiger partial charge in [0.25, 0.3) is 0 Å². The number of rotatable bonds is 5. The van der Waals surface area contributed by atoms with Crippen LogP contribution in [0.2, 0.25) is 0 Å². The van der Waals surface area contributed by atoms with Crippen LogP contribution >= 0.6 is 0 Å². The van der Waals surface area contributed by atoms with Crippen molar-refractivity contribution in [2.75, 3.05) is 26.2 Å². The summed E-state index contributed by atoms with van der Waals surface area (Å²) in [5.74, 6) is -2.18. The summed E-state index contributed by atoms with van der Waals surface area (Å²) in [5.41, 5.74) is 0.686. The number of benzene rings is 2. The summed E-state index contributed by atoms with van der Waals surface area (Å²) >= 11 is 0. The summed E-state index contributed by atoms with van der Waals surface area (Å²) in [5, 5.41) is 0. The van der Waals surface area contributed by atoms with Crippen molar-refractivity contribution >= 4 is 21.7 Å². The minimum Gasteiger partial charge on any atom is -0.342 e. The molecule has 0 unspecified atom stereocenters. The van der Waals surface area contributed by atoms with Gasteiger partial charge in [-0.15, -0.1) is 0 Å². The Labute approximate surface area is 192 Å². The van der Waals surface area contributed by atoms with Crippen molar-refractivity contribution in [3.8, 4) is 0 Å². The van der Waals surface area contributed by atoms with Gasteiger partial charge in [-0.3, -0.25) is 9.59 Å². The van der Waals surface area contributed by atoms with Crippen LogP contribution in [0.15, 0.2) is 53.4 Å². The normalized spacial score (nSPS) is 18.9. The molecule has 0 N–H and O–H groups in total. The Kier molecular flexibility index (Phi) is 6.90. The molecule has 2 heterocycles. The summed E-state index contributed by atoms with van der Waals surface area (Å²) in [7, 11) is -4.18. The molecular formula is C24H26F2N2O4S. The molecule has 0 spiro atoms. The summed E-state index contributed by atoms with van der Waals surface area (Å²) in [6, 6.07) is 11.5. The largest absolute Gasteiger partial charge is 0.342 e. The lowest BCUT2D eigenvalue weighted by Crippen LogP contribution is -2.47. The molecule has 2 aliphatic rings. The van der Waals surface area contributed by atoms with Crippen LogP contribution in [0.25, 0.3) is 0 Å². The summed E-state index contributed by atoms with van der Waals surface area (Å²) in [6.45, 7) is 1.12. The zero-order valence-corrected chi connectivity index (χ0v) is 18.9. The molecule has 0 saturated carbocycles. The number of ketones is 1. The Morgan fingerprint density at radius 3 is 2.06 bits per heavy atom. The van der Waals surface area contributed by atoms with E-state index in [4.69, 9.17) is 0 Å². The Morgan fingerprint density at radius 2 is 1.42 bits per heavy atom. The van der Waals surface area contributed by atoms with Gasteiger partial charge in [-0.2, -0.15) is 4.31 Å². The zero-order chi connectivity index (χ0) is 23.6. The molecule has 0 aromatic heterocycles. The fourth-order valence-electron chi connectivity index (χ4n) is 4.62. The number of likely N-dealkylation sites (tertiary alicyclic amines) is 1. The number of hydrogen-bond donors (Lipinski definition) is 0. The molecule has 0 radical (unpaired) electrons. The van der Waals surface area contributed by atoms with E-state index < -0.39 is 26.6 Å². The Balaban J connectivity index is 1.32. The number of amides is 1. The predicted molar refractivity (Wildman–Crippen MR) is 118 cm³/mol. The molecule has 2 aromatic rings. The highest BCUT2D eigenvalue weighted by atomic mass is 32.2. The van der Waals surface area contributed by atoms with E-state index in [1.165, 1.54) is 0 Å². The van der Waals surface area contributed by atoms with Crippen molar-refractivity contribution < 1.29 is 26.8 Å². The maximum absolute atomic E-state index is 14.0. The second-order valence-electron chi connectivity index (χ2n) is 8.58. The van der Waals surface area contributed by atoms with Crippen LogP contribution < -0.4 is 0 Å². The molecule has 6 nitrogen and oxygen atoms in total. The number of Topliss-reactive ketones (excluding diaryl/α,β-unsaturated/α-hetero) is 1. The van der Waals surface area contributed by atoms with E-state index in [0.29, 0.717) is 50.4 Å². The minimum atomic E-state index is -4.18. The third kappa shape index (κ3) is 4.99. The van der Waals surface area contributed by atoms with Gasteiger partial charge in [0.05, 0.1) is 0 Å². The molecule has 2 aliphatic heterocycles. The van der Waals surface area contributed by atoms with Crippen molar-refractivity contribution in [2.45, 2.75) is 30.6 Å². The Morgan fingerprint density at radius 1 is 0.818 bits per heavy atom. The van der Waals surface area contributed by atoms with Crippen LogP contribution in [0.4, 0.5) is 8.78 Å². The van der Waals surface area contributed by atoms with E-state index in [1.54, 1.807) is 17.0 Å². The molecular weight excluding hydrogens is 450 g/mol. The number of hydrogen-bond acceptors (Lipinski definition) is 4. The first kappa shape index (κ1) is 23.5. The molecule has 0 aliphatic carbocycles. The van der Waals surface area contributed by atoms with Crippen molar-refractivity contribution in [1.29, 1.82) is 0 Å². The van der Waals surface area contributed by atoms with Gasteiger partial charge in [0.15, 0.2) is 5.78 Å². The molecule has 0 bridgehead atoms. The fourth-order valence-corrected chi connectivity index (χ4v) is 6.16. The second-order valence-corrected chi connectivity index (χ2v) is 10.5. The fraction of sp³-hybridized carbons (Fsp3) is 0.417. The van der Waals surface area contributed by atoms with Crippen molar-refractivity contribution in [3.63, 3.8) is 0 Å². The van der Waals surface area contributed by atoms with Gasteiger partial charge in [-0.05, 0) is 43.9 Å². The van der Waals surface area contributed by atoms with Crippen molar-refractivity contribution in [1.82, 2.24) is 9.21 Å². The van der Waals surface area contributed by atoms with Gasteiger partial charge in [0.1, 0.15) is 16.5 Å². The smallest absolute Gasteiger partial charge is 0.246 e. The highest BCUT2D eigenvalue weighted by Gasteiger charge is 2.36. The quantitative estimate of drug-likeness (QED) is 0.620. The van der Waals surface area contributed by atoms with Crippen LogP contribution in [0.1, 0.15) is 36.0 Å². The Bertz CT molecular complexity index is 1120. The van der Waals surface area contributed by atoms with Crippen LogP contribution in [0.3, 0.4) is 0 Å². The summed E-state index contributed by atoms with van der Waals surface area (Å²) in [6.07, 6.45) is 1.84. The lowest BCUT2D eigenvalue weighted by atomic mass is 9.88. The number of carbonyl (C=O) groups excluding carboxylic acids is 2. The molecule has 176 valence electrons. The van der Waals surface area contributed by atoms with E-state index in [2.05, 4.69) is 0 Å². The van der Waals surface area contributed by atoms with E-state index in [1.807, 2.05) is 18.2 Å². The third-order valence-electron chi connectivity index (χ3n) is 6.55. The number of piperidine rings is 2. The predicted octanol–water partition coefficient (Wildman–Crippen LogP) is 3.49. The van der Waals surface area contributed by atoms with E-state index in [9.17, 15) is 26.8 Å². The van der Waals surface area contributed by atoms with Gasteiger partial charge < -0.3 is 4.90 Å². The zero-order valence-electron chi connectivity index (χ0n) is 18.1. The summed E-state index contributed by atoms with van der Waals surface area (Å²) in [4.78, 5) is 26.7. The molecule has 0 atom stereocenters. The number of carbonyl (C=O) groups is 2. The van der Waals surface area contributed by atoms with E-state index >= 15 is 0 Å². The standard InChI is InChI=1S/C24H26F2N2O4S/c25-20-6-7-21(26)22(16-20)33(31,32)28-14-10-19(11-15-28)24(30)27-12-8-18(9-13-27)23(29)17-4-2-1-3-5-17/h1-7,16,18-19H,8-15H2. The molecule has 2 saturated heterocycles. The van der Waals surface area contributed by atoms with Crippen molar-refractivity contribution in [2.24, 2.45) is 11.8 Å². The lowest BCUT2D eigenvalue weighted by molar-refractivity contribution is -0.138. The number of nitrogens with zero attached hydrogens (tertiary/aromatic N) is 2. The molecule has 2 aromatic carbocycles. The first-order valence-corrected chi connectivity index (χ1v) is 12.5. The molecule has 9 heteroatoms. The highest BCUT2D eigenvalue weighted by Crippen LogP contribution is 2.29. The second kappa shape index (κ2) is 9.69. The molecule has 33 heavy (non-hydrogen) atoms. The Hall–Kier alpha value is -2.65. The van der Waals surface area contributed by atoms with Crippen LogP contribution in [0, 0.1) is 23.5 Å². The average molecular weight is 477 g/mol. The monoisotopic (exact) mass is 476 g/mol. The van der Waals surface area contributed by atoms with Crippen molar-refractivity contribution in [3.05, 3.63) is 65.7 Å². The van der Waals surface area contributed by atoms with E-state index in [-0.39, 0.29) is 36.6 Å².